The number of carbonyl (C=O) groups excluding carboxylic acids is 2. The maximum absolute atomic E-state index is 13.3. The number of aromatic amines is 1. The van der Waals surface area contributed by atoms with Crippen molar-refractivity contribution < 1.29 is 32.2 Å². The largest absolute Gasteiger partial charge is 0.497 e. The third kappa shape index (κ3) is 3.78. The van der Waals surface area contributed by atoms with E-state index < -0.39 is 35.3 Å². The highest BCUT2D eigenvalue weighted by Crippen LogP contribution is 2.42. The lowest BCUT2D eigenvalue weighted by Crippen LogP contribution is -2.29. The first-order chi connectivity index (χ1) is 14.7. The summed E-state index contributed by atoms with van der Waals surface area (Å²) >= 11 is 0. The average molecular weight is 431 g/mol. The molecule has 3 aromatic rings. The highest BCUT2D eigenvalue weighted by Gasteiger charge is 2.39. The number of nitrogens with one attached hydrogen (secondary N) is 1. The second-order valence-electron chi connectivity index (χ2n) is 7.58. The smallest absolute Gasteiger partial charge is 0.416 e. The number of H-pyrrole nitrogens is 1. The van der Waals surface area contributed by atoms with Gasteiger partial charge in [0, 0.05) is 22.2 Å². The van der Waals surface area contributed by atoms with Crippen LogP contribution in [0.25, 0.3) is 10.9 Å². The van der Waals surface area contributed by atoms with E-state index in [9.17, 15) is 22.8 Å². The monoisotopic (exact) mass is 431 g/mol. The molecule has 0 saturated carbocycles. The molecule has 1 N–H and O–H groups in total. The van der Waals surface area contributed by atoms with E-state index in [1.165, 1.54) is 26.4 Å². The number of ether oxygens (including phenoxy) is 2. The van der Waals surface area contributed by atoms with Gasteiger partial charge in [0.1, 0.15) is 5.75 Å². The molecule has 2 atom stereocenters. The summed E-state index contributed by atoms with van der Waals surface area (Å²) in [5.41, 5.74) is 1.22. The van der Waals surface area contributed by atoms with Crippen LogP contribution in [0.1, 0.15) is 39.5 Å². The van der Waals surface area contributed by atoms with Gasteiger partial charge in [-0.25, -0.2) is 0 Å². The fraction of sp³-hybridized carbons (Fsp3) is 0.304. The number of hydrogen-bond acceptors (Lipinski definition) is 4. The van der Waals surface area contributed by atoms with E-state index in [-0.39, 0.29) is 12.0 Å². The minimum absolute atomic E-state index is 0.0486. The minimum atomic E-state index is -4.56. The topological polar surface area (TPSA) is 68.4 Å². The molecule has 31 heavy (non-hydrogen) atoms. The first-order valence-electron chi connectivity index (χ1n) is 9.70. The second-order valence-corrected chi connectivity index (χ2v) is 7.58. The number of benzene rings is 2. The molecule has 0 spiro atoms. The van der Waals surface area contributed by atoms with Crippen molar-refractivity contribution >= 4 is 22.7 Å². The van der Waals surface area contributed by atoms with Gasteiger partial charge in [-0.1, -0.05) is 12.1 Å². The molecule has 0 radical (unpaired) electrons. The van der Waals surface area contributed by atoms with E-state index in [2.05, 4.69) is 4.98 Å². The zero-order valence-corrected chi connectivity index (χ0v) is 16.9. The van der Waals surface area contributed by atoms with Crippen LogP contribution >= 0.6 is 0 Å². The normalized spacial score (nSPS) is 18.5. The molecule has 0 aliphatic heterocycles. The molecule has 5 nitrogen and oxygen atoms in total. The zero-order chi connectivity index (χ0) is 22.3. The van der Waals surface area contributed by atoms with Crippen LogP contribution in [0.2, 0.25) is 0 Å². The van der Waals surface area contributed by atoms with Gasteiger partial charge in [0.05, 0.1) is 31.6 Å². The van der Waals surface area contributed by atoms with Crippen LogP contribution in [0, 0.1) is 5.92 Å². The number of hydrogen-bond donors (Lipinski definition) is 1. The van der Waals surface area contributed by atoms with Gasteiger partial charge < -0.3 is 14.5 Å². The van der Waals surface area contributed by atoms with Crippen molar-refractivity contribution in [1.82, 2.24) is 4.98 Å². The van der Waals surface area contributed by atoms with Crippen molar-refractivity contribution in [1.29, 1.82) is 0 Å². The lowest BCUT2D eigenvalue weighted by atomic mass is 9.76. The molecule has 162 valence electrons. The Hall–Kier alpha value is -3.29. The molecule has 1 heterocycles. The summed E-state index contributed by atoms with van der Waals surface area (Å²) < 4.78 is 49.6. The van der Waals surface area contributed by atoms with Gasteiger partial charge in [0.15, 0.2) is 5.78 Å². The number of carbonyl (C=O) groups is 2. The second kappa shape index (κ2) is 7.76. The molecule has 0 fully saturated rings. The van der Waals surface area contributed by atoms with Crippen molar-refractivity contribution in [3.8, 4) is 5.75 Å². The number of ketones is 1. The van der Waals surface area contributed by atoms with Crippen LogP contribution in [0.15, 0.2) is 42.5 Å². The molecule has 0 amide bonds. The fourth-order valence-corrected chi connectivity index (χ4v) is 4.26. The Bertz CT molecular complexity index is 1170. The Balaban J connectivity index is 1.82. The van der Waals surface area contributed by atoms with E-state index in [1.54, 1.807) is 6.07 Å². The molecular formula is C23H20F3NO4. The molecule has 2 unspecified atom stereocenters. The van der Waals surface area contributed by atoms with E-state index in [4.69, 9.17) is 9.47 Å². The number of aromatic nitrogens is 1. The van der Waals surface area contributed by atoms with Crippen molar-refractivity contribution in [2.45, 2.75) is 24.9 Å². The first-order valence-corrected chi connectivity index (χ1v) is 9.70. The number of esters is 1. The van der Waals surface area contributed by atoms with Crippen LogP contribution in [0.3, 0.4) is 0 Å². The standard InChI is InChI=1S/C23H20F3NO4/c1-30-15-6-7-19-16(11-15)17-9-13(22(29)31-2)10-18(20(17)27-19)21(28)12-4-3-5-14(8-12)23(24,25)26/h3-8,11,13,18,27H,9-10H2,1-2H3. The lowest BCUT2D eigenvalue weighted by molar-refractivity contribution is -0.145. The lowest BCUT2D eigenvalue weighted by Gasteiger charge is -2.27. The minimum Gasteiger partial charge on any atom is -0.497 e. The van der Waals surface area contributed by atoms with Crippen LogP contribution in [-0.2, 0) is 22.1 Å². The van der Waals surface area contributed by atoms with Gasteiger partial charge in [-0.15, -0.1) is 0 Å². The summed E-state index contributed by atoms with van der Waals surface area (Å²) in [5.74, 6) is -1.68. The number of halogens is 3. The Morgan fingerprint density at radius 3 is 2.55 bits per heavy atom. The van der Waals surface area contributed by atoms with Crippen LogP contribution in [-0.4, -0.2) is 31.0 Å². The number of fused-ring (bicyclic) bond motifs is 3. The van der Waals surface area contributed by atoms with Gasteiger partial charge >= 0.3 is 12.1 Å². The van der Waals surface area contributed by atoms with E-state index >= 15 is 0 Å². The molecule has 2 aromatic carbocycles. The Morgan fingerprint density at radius 2 is 1.87 bits per heavy atom. The Kier molecular flexibility index (Phi) is 5.24. The number of rotatable bonds is 4. The molecular weight excluding hydrogens is 411 g/mol. The molecule has 0 bridgehead atoms. The third-order valence-corrected chi connectivity index (χ3v) is 5.79. The molecule has 4 rings (SSSR count). The van der Waals surface area contributed by atoms with Gasteiger partial charge in [0.2, 0.25) is 0 Å². The first kappa shape index (κ1) is 21.0. The van der Waals surface area contributed by atoms with Crippen LogP contribution in [0.5, 0.6) is 5.75 Å². The number of Topliss-reactive ketones (excluding diaryl/α,β-unsaturated/α-hetero) is 1. The Morgan fingerprint density at radius 1 is 1.10 bits per heavy atom. The molecule has 1 aliphatic rings. The van der Waals surface area contributed by atoms with E-state index in [1.807, 2.05) is 12.1 Å². The van der Waals surface area contributed by atoms with Crippen molar-refractivity contribution in [3.05, 3.63) is 64.8 Å². The molecule has 1 aliphatic carbocycles. The summed E-state index contributed by atoms with van der Waals surface area (Å²) in [6.45, 7) is 0. The fourth-order valence-electron chi connectivity index (χ4n) is 4.26. The molecule has 1 aromatic heterocycles. The summed E-state index contributed by atoms with van der Waals surface area (Å²) in [6, 6.07) is 9.76. The summed E-state index contributed by atoms with van der Waals surface area (Å²) in [5, 5.41) is 0.810. The summed E-state index contributed by atoms with van der Waals surface area (Å²) in [7, 11) is 2.82. The number of alkyl halides is 3. The quantitative estimate of drug-likeness (QED) is 0.472. The van der Waals surface area contributed by atoms with Gasteiger partial charge in [-0.05, 0) is 48.7 Å². The van der Waals surface area contributed by atoms with Crippen molar-refractivity contribution in [2.24, 2.45) is 5.92 Å². The van der Waals surface area contributed by atoms with Crippen molar-refractivity contribution in [3.63, 3.8) is 0 Å². The third-order valence-electron chi connectivity index (χ3n) is 5.79. The van der Waals surface area contributed by atoms with Gasteiger partial charge in [-0.2, -0.15) is 13.2 Å². The highest BCUT2D eigenvalue weighted by atomic mass is 19.4. The predicted molar refractivity (Wildman–Crippen MR) is 107 cm³/mol. The van der Waals surface area contributed by atoms with Crippen LogP contribution < -0.4 is 4.74 Å². The van der Waals surface area contributed by atoms with Crippen LogP contribution in [0.4, 0.5) is 13.2 Å². The summed E-state index contributed by atoms with van der Waals surface area (Å²) in [4.78, 5) is 28.9. The predicted octanol–water partition coefficient (Wildman–Crippen LogP) is 4.90. The number of methoxy groups -OCH3 is 2. The average Bonchev–Trinajstić information content (AvgIpc) is 3.14. The van der Waals surface area contributed by atoms with E-state index in [0.717, 1.165) is 28.6 Å². The molecule has 0 saturated heterocycles. The van der Waals surface area contributed by atoms with Gasteiger partial charge in [0.25, 0.3) is 0 Å². The maximum Gasteiger partial charge on any atom is 0.416 e. The zero-order valence-electron chi connectivity index (χ0n) is 16.9. The summed E-state index contributed by atoms with van der Waals surface area (Å²) in [6.07, 6.45) is -4.04. The van der Waals surface area contributed by atoms with Gasteiger partial charge in [-0.3, -0.25) is 9.59 Å². The molecule has 8 heteroatoms. The van der Waals surface area contributed by atoms with E-state index in [0.29, 0.717) is 17.9 Å². The maximum atomic E-state index is 13.3. The SMILES string of the molecule is COC(=O)C1Cc2c([nH]c3ccc(OC)cc23)C(C(=O)c2cccc(C(F)(F)F)c2)C1. The highest BCUT2D eigenvalue weighted by molar-refractivity contribution is 6.03. The Labute approximate surface area is 176 Å². The van der Waals surface area contributed by atoms with Crippen molar-refractivity contribution in [2.75, 3.05) is 14.2 Å².